The molecule has 3 heterocycles. The molecule has 0 unspecified atom stereocenters. The minimum absolute atomic E-state index is 0.0847. The molecule has 0 bridgehead atoms. The average Bonchev–Trinajstić information content (AvgIpc) is 3.19. The summed E-state index contributed by atoms with van der Waals surface area (Å²) in [7, 11) is -3.87. The van der Waals surface area contributed by atoms with Gasteiger partial charge in [-0.2, -0.15) is 4.31 Å². The number of rotatable bonds is 3. The fourth-order valence-corrected chi connectivity index (χ4v) is 6.22. The third-order valence-corrected chi connectivity index (χ3v) is 8.00. The second kappa shape index (κ2) is 7.60. The number of hydrogen-bond acceptors (Lipinski definition) is 5. The summed E-state index contributed by atoms with van der Waals surface area (Å²) >= 11 is 0. The maximum Gasteiger partial charge on any atom is 0.265 e. The highest BCUT2D eigenvalue weighted by molar-refractivity contribution is 7.89. The molecule has 3 aliphatic rings. The molecule has 0 aliphatic carbocycles. The van der Waals surface area contributed by atoms with Gasteiger partial charge < -0.3 is 15.0 Å². The van der Waals surface area contributed by atoms with Crippen molar-refractivity contribution in [1.29, 1.82) is 0 Å². The topological polar surface area (TPSA) is 96.0 Å². The van der Waals surface area contributed by atoms with Crippen LogP contribution in [0, 0.1) is 6.92 Å². The van der Waals surface area contributed by atoms with Crippen LogP contribution in [0.4, 0.5) is 5.69 Å². The van der Waals surface area contributed by atoms with E-state index in [9.17, 15) is 18.0 Å². The molecule has 2 amide bonds. The number of fused-ring (bicyclic) bond motifs is 1. The molecule has 2 atom stereocenters. The molecule has 158 valence electrons. The number of carbonyl (C=O) groups excluding carboxylic acids is 2. The Morgan fingerprint density at radius 2 is 1.86 bits per heavy atom. The summed E-state index contributed by atoms with van der Waals surface area (Å²) in [6, 6.07) is 2.44. The molecule has 8 nitrogen and oxygen atoms in total. The Morgan fingerprint density at radius 1 is 1.14 bits per heavy atom. The minimum atomic E-state index is -3.87. The molecule has 9 heteroatoms. The van der Waals surface area contributed by atoms with Crippen molar-refractivity contribution in [3.8, 4) is 5.75 Å². The third kappa shape index (κ3) is 3.61. The number of nitrogens with one attached hydrogen (secondary N) is 1. The SMILES string of the molecule is Cc1cc2c(cc1S(=O)(=O)N1CCC[C@@H]1C(=O)N1CCCCC1)O[C@@H](C)C(=O)N2. The minimum Gasteiger partial charge on any atom is -0.479 e. The predicted octanol–water partition coefficient (Wildman–Crippen LogP) is 1.88. The van der Waals surface area contributed by atoms with Crippen molar-refractivity contribution in [2.45, 2.75) is 63.0 Å². The largest absolute Gasteiger partial charge is 0.479 e. The number of likely N-dealkylation sites (tertiary alicyclic amines) is 1. The zero-order valence-electron chi connectivity index (χ0n) is 16.8. The second-order valence-corrected chi connectivity index (χ2v) is 9.88. The molecule has 3 aliphatic heterocycles. The van der Waals surface area contributed by atoms with Crippen molar-refractivity contribution >= 4 is 27.5 Å². The Hall–Kier alpha value is -2.13. The number of ether oxygens (including phenoxy) is 1. The molecule has 2 fully saturated rings. The molecule has 1 aromatic rings. The summed E-state index contributed by atoms with van der Waals surface area (Å²) in [5.74, 6) is -0.0165. The average molecular weight is 422 g/mol. The molecular formula is C20H27N3O5S. The van der Waals surface area contributed by atoms with Gasteiger partial charge >= 0.3 is 0 Å². The lowest BCUT2D eigenvalue weighted by Gasteiger charge is -2.32. The van der Waals surface area contributed by atoms with Crippen LogP contribution in [0.2, 0.25) is 0 Å². The van der Waals surface area contributed by atoms with Crippen LogP contribution >= 0.6 is 0 Å². The first-order chi connectivity index (χ1) is 13.8. The van der Waals surface area contributed by atoms with E-state index in [1.165, 1.54) is 10.4 Å². The van der Waals surface area contributed by atoms with Crippen molar-refractivity contribution in [2.75, 3.05) is 25.0 Å². The number of benzene rings is 1. The van der Waals surface area contributed by atoms with E-state index >= 15 is 0 Å². The van der Waals surface area contributed by atoms with Crippen LogP contribution in [0.15, 0.2) is 17.0 Å². The maximum absolute atomic E-state index is 13.5. The van der Waals surface area contributed by atoms with Gasteiger partial charge in [0, 0.05) is 25.7 Å². The van der Waals surface area contributed by atoms with Gasteiger partial charge in [0.2, 0.25) is 15.9 Å². The van der Waals surface area contributed by atoms with E-state index in [4.69, 9.17) is 4.74 Å². The van der Waals surface area contributed by atoms with Gasteiger partial charge in [0.25, 0.3) is 5.91 Å². The van der Waals surface area contributed by atoms with Gasteiger partial charge in [-0.15, -0.1) is 0 Å². The van der Waals surface area contributed by atoms with Gasteiger partial charge in [-0.05, 0) is 57.6 Å². The number of anilines is 1. The standard InChI is InChI=1S/C20H27N3O5S/c1-13-11-15-17(28-14(2)19(24)21-15)12-18(13)29(26,27)23-10-6-7-16(23)20(25)22-8-4-3-5-9-22/h11-12,14,16H,3-10H2,1-2H3,(H,21,24)/t14-,16+/m0/s1. The molecule has 0 spiro atoms. The zero-order chi connectivity index (χ0) is 20.8. The van der Waals surface area contributed by atoms with Crippen molar-refractivity contribution in [1.82, 2.24) is 9.21 Å². The zero-order valence-corrected chi connectivity index (χ0v) is 17.6. The fraction of sp³-hybridized carbons (Fsp3) is 0.600. The normalized spacial score (nSPS) is 25.3. The first kappa shape index (κ1) is 20.2. The second-order valence-electron chi connectivity index (χ2n) is 8.02. The molecular weight excluding hydrogens is 394 g/mol. The van der Waals surface area contributed by atoms with Gasteiger partial charge in [-0.1, -0.05) is 0 Å². The smallest absolute Gasteiger partial charge is 0.265 e. The third-order valence-electron chi connectivity index (χ3n) is 5.95. The Balaban J connectivity index is 1.65. The number of aryl methyl sites for hydroxylation is 1. The lowest BCUT2D eigenvalue weighted by Crippen LogP contribution is -2.49. The van der Waals surface area contributed by atoms with Crippen LogP contribution < -0.4 is 10.1 Å². The highest BCUT2D eigenvalue weighted by Gasteiger charge is 2.42. The number of hydrogen-bond donors (Lipinski definition) is 1. The van der Waals surface area contributed by atoms with Crippen LogP contribution in [-0.4, -0.2) is 61.2 Å². The Labute approximate surface area is 171 Å². The highest BCUT2D eigenvalue weighted by atomic mass is 32.2. The van der Waals surface area contributed by atoms with E-state index in [1.54, 1.807) is 19.9 Å². The summed E-state index contributed by atoms with van der Waals surface area (Å²) in [5, 5.41) is 2.74. The molecule has 2 saturated heterocycles. The lowest BCUT2D eigenvalue weighted by atomic mass is 10.1. The van der Waals surface area contributed by atoms with Gasteiger partial charge in [-0.25, -0.2) is 8.42 Å². The van der Waals surface area contributed by atoms with Gasteiger partial charge in [0.15, 0.2) is 6.10 Å². The summed E-state index contributed by atoms with van der Waals surface area (Å²) in [6.45, 7) is 5.03. The van der Waals surface area contributed by atoms with Gasteiger partial charge in [0.05, 0.1) is 10.6 Å². The Morgan fingerprint density at radius 3 is 2.59 bits per heavy atom. The first-order valence-corrected chi connectivity index (χ1v) is 11.7. The van der Waals surface area contributed by atoms with E-state index in [0.29, 0.717) is 49.5 Å². The van der Waals surface area contributed by atoms with Crippen molar-refractivity contribution in [3.63, 3.8) is 0 Å². The predicted molar refractivity (Wildman–Crippen MR) is 107 cm³/mol. The van der Waals surface area contributed by atoms with Crippen LogP contribution in [0.1, 0.15) is 44.6 Å². The molecule has 0 saturated carbocycles. The summed E-state index contributed by atoms with van der Waals surface area (Å²) < 4.78 is 33.9. The van der Waals surface area contributed by atoms with Crippen molar-refractivity contribution < 1.29 is 22.7 Å². The number of piperidine rings is 1. The number of sulfonamides is 1. The highest BCUT2D eigenvalue weighted by Crippen LogP contribution is 2.37. The molecule has 1 aromatic carbocycles. The van der Waals surface area contributed by atoms with E-state index in [-0.39, 0.29) is 16.7 Å². The summed E-state index contributed by atoms with van der Waals surface area (Å²) in [4.78, 5) is 26.8. The summed E-state index contributed by atoms with van der Waals surface area (Å²) in [6.07, 6.45) is 3.56. The van der Waals surface area contributed by atoms with Crippen LogP contribution in [0.5, 0.6) is 5.75 Å². The first-order valence-electron chi connectivity index (χ1n) is 10.2. The summed E-state index contributed by atoms with van der Waals surface area (Å²) in [5.41, 5.74) is 0.977. The number of carbonyl (C=O) groups is 2. The Kier molecular flexibility index (Phi) is 5.29. The van der Waals surface area contributed by atoms with E-state index in [0.717, 1.165) is 19.3 Å². The quantitative estimate of drug-likeness (QED) is 0.804. The van der Waals surface area contributed by atoms with Crippen LogP contribution in [0.25, 0.3) is 0 Å². The van der Waals surface area contributed by atoms with Crippen LogP contribution in [0.3, 0.4) is 0 Å². The van der Waals surface area contributed by atoms with E-state index < -0.39 is 22.2 Å². The molecule has 29 heavy (non-hydrogen) atoms. The fourth-order valence-electron chi connectivity index (χ4n) is 4.35. The lowest BCUT2D eigenvalue weighted by molar-refractivity contribution is -0.135. The molecule has 0 aromatic heterocycles. The van der Waals surface area contributed by atoms with Gasteiger partial charge in [0.1, 0.15) is 11.8 Å². The van der Waals surface area contributed by atoms with Crippen LogP contribution in [-0.2, 0) is 19.6 Å². The monoisotopic (exact) mass is 421 g/mol. The molecule has 1 N–H and O–H groups in total. The maximum atomic E-state index is 13.5. The number of nitrogens with zero attached hydrogens (tertiary/aromatic N) is 2. The molecule has 4 rings (SSSR count). The number of amides is 2. The van der Waals surface area contributed by atoms with E-state index in [2.05, 4.69) is 5.32 Å². The Bertz CT molecular complexity index is 940. The van der Waals surface area contributed by atoms with E-state index in [1.807, 2.05) is 4.90 Å². The van der Waals surface area contributed by atoms with Crippen molar-refractivity contribution in [2.24, 2.45) is 0 Å². The van der Waals surface area contributed by atoms with Crippen molar-refractivity contribution in [3.05, 3.63) is 17.7 Å². The molecule has 0 radical (unpaired) electrons. The van der Waals surface area contributed by atoms with Gasteiger partial charge in [-0.3, -0.25) is 9.59 Å².